The number of halogens is 3. The summed E-state index contributed by atoms with van der Waals surface area (Å²) in [5.41, 5.74) is 1.30. The molecule has 0 unspecified atom stereocenters. The lowest BCUT2D eigenvalue weighted by Crippen LogP contribution is -2.32. The number of carbonyl (C=O) groups is 1. The average molecular weight is 368 g/mol. The van der Waals surface area contributed by atoms with Crippen molar-refractivity contribution in [1.82, 2.24) is 15.1 Å². The van der Waals surface area contributed by atoms with Gasteiger partial charge in [-0.1, -0.05) is 18.2 Å². The van der Waals surface area contributed by atoms with E-state index in [-0.39, 0.29) is 25.3 Å². The number of hydrogen-bond acceptors (Lipinski definition) is 3. The lowest BCUT2D eigenvalue weighted by atomic mass is 10.1. The number of amides is 2. The Morgan fingerprint density at radius 2 is 2.12 bits per heavy atom. The van der Waals surface area contributed by atoms with E-state index in [2.05, 4.69) is 15.7 Å². The van der Waals surface area contributed by atoms with Crippen molar-refractivity contribution in [1.29, 1.82) is 0 Å². The van der Waals surface area contributed by atoms with Crippen LogP contribution in [0.2, 0.25) is 0 Å². The first-order chi connectivity index (χ1) is 12.4. The van der Waals surface area contributed by atoms with Crippen molar-refractivity contribution in [3.63, 3.8) is 0 Å². The smallest absolute Gasteiger partial charge is 0.376 e. The number of aromatic nitrogens is 2. The van der Waals surface area contributed by atoms with Crippen LogP contribution in [-0.4, -0.2) is 29.0 Å². The van der Waals surface area contributed by atoms with Gasteiger partial charge >= 0.3 is 12.2 Å². The van der Waals surface area contributed by atoms with Crippen LogP contribution < -0.4 is 10.6 Å². The van der Waals surface area contributed by atoms with Gasteiger partial charge in [0.05, 0.1) is 19.8 Å². The van der Waals surface area contributed by atoms with E-state index >= 15 is 0 Å². The summed E-state index contributed by atoms with van der Waals surface area (Å²) in [4.78, 5) is 12.0. The van der Waals surface area contributed by atoms with Gasteiger partial charge in [0.15, 0.2) is 5.69 Å². The van der Waals surface area contributed by atoms with Crippen molar-refractivity contribution in [2.24, 2.45) is 0 Å². The number of para-hydroxylation sites is 1. The molecule has 1 aliphatic heterocycles. The Hall–Kier alpha value is -2.55. The molecule has 9 heteroatoms. The molecule has 2 N–H and O–H groups in total. The third-order valence-corrected chi connectivity index (χ3v) is 4.17. The predicted octanol–water partition coefficient (Wildman–Crippen LogP) is 3.10. The SMILES string of the molecule is Cc1ccccc1NC(=O)NCCn1nc(C(F)(F)F)c2c1CCOC2. The van der Waals surface area contributed by atoms with E-state index in [4.69, 9.17) is 4.74 Å². The number of carbonyl (C=O) groups excluding carboxylic acids is 1. The van der Waals surface area contributed by atoms with Crippen LogP contribution >= 0.6 is 0 Å². The second-order valence-electron chi connectivity index (χ2n) is 5.99. The summed E-state index contributed by atoms with van der Waals surface area (Å²) in [6.07, 6.45) is -4.15. The van der Waals surface area contributed by atoms with E-state index in [0.717, 1.165) is 5.56 Å². The molecule has 2 heterocycles. The van der Waals surface area contributed by atoms with Gasteiger partial charge in [-0.05, 0) is 18.6 Å². The molecule has 1 aromatic carbocycles. The van der Waals surface area contributed by atoms with E-state index in [1.165, 1.54) is 4.68 Å². The third-order valence-electron chi connectivity index (χ3n) is 4.17. The zero-order valence-corrected chi connectivity index (χ0v) is 14.2. The van der Waals surface area contributed by atoms with Gasteiger partial charge in [-0.25, -0.2) is 4.79 Å². The van der Waals surface area contributed by atoms with E-state index < -0.39 is 17.9 Å². The number of anilines is 1. The predicted molar refractivity (Wildman–Crippen MR) is 88.8 cm³/mol. The molecule has 140 valence electrons. The fraction of sp³-hybridized carbons (Fsp3) is 0.412. The maximum absolute atomic E-state index is 13.1. The van der Waals surface area contributed by atoms with Gasteiger partial charge < -0.3 is 15.4 Å². The Balaban J connectivity index is 1.62. The molecule has 3 rings (SSSR count). The second kappa shape index (κ2) is 7.36. The summed E-state index contributed by atoms with van der Waals surface area (Å²) >= 11 is 0. The molecular weight excluding hydrogens is 349 g/mol. The van der Waals surface area contributed by atoms with Crippen LogP contribution in [0.15, 0.2) is 24.3 Å². The van der Waals surface area contributed by atoms with Crippen molar-refractivity contribution in [3.05, 3.63) is 46.8 Å². The molecule has 0 atom stereocenters. The van der Waals surface area contributed by atoms with Crippen molar-refractivity contribution in [3.8, 4) is 0 Å². The molecule has 1 aliphatic rings. The second-order valence-corrected chi connectivity index (χ2v) is 5.99. The zero-order valence-electron chi connectivity index (χ0n) is 14.2. The standard InChI is InChI=1S/C17H19F3N4O2/c1-11-4-2-3-5-13(11)22-16(25)21-7-8-24-14-6-9-26-10-12(14)15(23-24)17(18,19)20/h2-5H,6-10H2,1H3,(H2,21,22,25). The van der Waals surface area contributed by atoms with E-state index in [9.17, 15) is 18.0 Å². The highest BCUT2D eigenvalue weighted by atomic mass is 19.4. The highest BCUT2D eigenvalue weighted by Crippen LogP contribution is 2.34. The fourth-order valence-corrected chi connectivity index (χ4v) is 2.88. The Morgan fingerprint density at radius 3 is 2.85 bits per heavy atom. The minimum absolute atomic E-state index is 0.0908. The molecule has 2 aromatic rings. The van der Waals surface area contributed by atoms with E-state index in [1.54, 1.807) is 12.1 Å². The lowest BCUT2D eigenvalue weighted by Gasteiger charge is -2.15. The Bertz CT molecular complexity index is 802. The van der Waals surface area contributed by atoms with Gasteiger partial charge in [0, 0.05) is 29.9 Å². The molecule has 26 heavy (non-hydrogen) atoms. The van der Waals surface area contributed by atoms with Crippen LogP contribution in [0.5, 0.6) is 0 Å². The maximum Gasteiger partial charge on any atom is 0.435 e. The molecule has 0 bridgehead atoms. The highest BCUT2D eigenvalue weighted by molar-refractivity contribution is 5.89. The van der Waals surface area contributed by atoms with Crippen LogP contribution in [0.25, 0.3) is 0 Å². The molecule has 0 aliphatic carbocycles. The summed E-state index contributed by atoms with van der Waals surface area (Å²) in [5.74, 6) is 0. The topological polar surface area (TPSA) is 68.2 Å². The number of nitrogens with zero attached hydrogens (tertiary/aromatic N) is 2. The first kappa shape index (κ1) is 18.2. The Labute approximate surface area is 148 Å². The largest absolute Gasteiger partial charge is 0.435 e. The van der Waals surface area contributed by atoms with Gasteiger partial charge in [0.1, 0.15) is 0 Å². The number of fused-ring (bicyclic) bond motifs is 1. The Kier molecular flexibility index (Phi) is 5.17. The van der Waals surface area contributed by atoms with Gasteiger partial charge in [0.25, 0.3) is 0 Å². The Morgan fingerprint density at radius 1 is 1.35 bits per heavy atom. The van der Waals surface area contributed by atoms with Gasteiger partial charge in [-0.3, -0.25) is 4.68 Å². The molecule has 0 saturated carbocycles. The van der Waals surface area contributed by atoms with Crippen LogP contribution in [0.4, 0.5) is 23.7 Å². The number of urea groups is 1. The van der Waals surface area contributed by atoms with Crippen LogP contribution in [0.3, 0.4) is 0 Å². The van der Waals surface area contributed by atoms with Crippen LogP contribution in [-0.2, 0) is 30.5 Å². The monoisotopic (exact) mass is 368 g/mol. The molecular formula is C17H19F3N4O2. The molecule has 0 saturated heterocycles. The number of rotatable bonds is 4. The zero-order chi connectivity index (χ0) is 18.7. The molecule has 0 radical (unpaired) electrons. The van der Waals surface area contributed by atoms with Crippen molar-refractivity contribution >= 4 is 11.7 Å². The van der Waals surface area contributed by atoms with Gasteiger partial charge in [-0.2, -0.15) is 18.3 Å². The summed E-state index contributed by atoms with van der Waals surface area (Å²) in [5, 5.41) is 9.04. The van der Waals surface area contributed by atoms with Crippen LogP contribution in [0, 0.1) is 6.92 Å². The van der Waals surface area contributed by atoms with Gasteiger partial charge in [0.2, 0.25) is 0 Å². The normalized spacial score (nSPS) is 14.0. The van der Waals surface area contributed by atoms with E-state index in [1.807, 2.05) is 19.1 Å². The summed E-state index contributed by atoms with van der Waals surface area (Å²) < 4.78 is 45.8. The molecule has 2 amide bonds. The molecule has 1 aromatic heterocycles. The minimum Gasteiger partial charge on any atom is -0.376 e. The molecule has 0 spiro atoms. The quantitative estimate of drug-likeness (QED) is 0.871. The number of ether oxygens (including phenoxy) is 1. The summed E-state index contributed by atoms with van der Waals surface area (Å²) in [6.45, 7) is 2.44. The average Bonchev–Trinajstić information content (AvgIpc) is 2.96. The lowest BCUT2D eigenvalue weighted by molar-refractivity contribution is -0.142. The summed E-state index contributed by atoms with van der Waals surface area (Å²) in [6, 6.07) is 6.89. The molecule has 6 nitrogen and oxygen atoms in total. The van der Waals surface area contributed by atoms with E-state index in [0.29, 0.717) is 24.4 Å². The number of nitrogens with one attached hydrogen (secondary N) is 2. The number of hydrogen-bond donors (Lipinski definition) is 2. The fourth-order valence-electron chi connectivity index (χ4n) is 2.88. The number of alkyl halides is 3. The first-order valence-corrected chi connectivity index (χ1v) is 8.20. The molecule has 0 fully saturated rings. The van der Waals surface area contributed by atoms with Crippen molar-refractivity contribution < 1.29 is 22.7 Å². The minimum atomic E-state index is -4.52. The number of aryl methyl sites for hydroxylation is 1. The van der Waals surface area contributed by atoms with Crippen LogP contribution in [0.1, 0.15) is 22.5 Å². The highest BCUT2D eigenvalue weighted by Gasteiger charge is 2.39. The summed E-state index contributed by atoms with van der Waals surface area (Å²) in [7, 11) is 0. The van der Waals surface area contributed by atoms with Gasteiger partial charge in [-0.15, -0.1) is 0 Å². The third kappa shape index (κ3) is 3.98. The van der Waals surface area contributed by atoms with Crippen molar-refractivity contribution in [2.75, 3.05) is 18.5 Å². The number of benzene rings is 1. The maximum atomic E-state index is 13.1. The first-order valence-electron chi connectivity index (χ1n) is 8.20. The van der Waals surface area contributed by atoms with Crippen molar-refractivity contribution in [2.45, 2.75) is 32.7 Å².